The Kier molecular flexibility index (Phi) is 3.11. The van der Waals surface area contributed by atoms with Crippen molar-refractivity contribution in [2.45, 2.75) is 19.3 Å². The molecule has 4 rings (SSSR count). The molecule has 0 saturated carbocycles. The molecule has 2 aromatic carbocycles. The van der Waals surface area contributed by atoms with Gasteiger partial charge in [-0.1, -0.05) is 54.6 Å². The third-order valence-electron chi connectivity index (χ3n) is 4.22. The van der Waals surface area contributed by atoms with E-state index < -0.39 is 0 Å². The van der Waals surface area contributed by atoms with Crippen molar-refractivity contribution >= 4 is 5.95 Å². The van der Waals surface area contributed by atoms with E-state index in [0.717, 1.165) is 36.2 Å². The fourth-order valence-electron chi connectivity index (χ4n) is 3.22. The molecule has 0 spiro atoms. The molecule has 1 aliphatic carbocycles. The second-order valence-electron chi connectivity index (χ2n) is 5.63. The van der Waals surface area contributed by atoms with Crippen LogP contribution in [0.4, 0.5) is 5.95 Å². The summed E-state index contributed by atoms with van der Waals surface area (Å²) in [6, 6.07) is 18.7. The Balaban J connectivity index is 2.01. The number of nitrogens with two attached hydrogens (primary N) is 1. The van der Waals surface area contributed by atoms with Crippen molar-refractivity contribution in [1.29, 1.82) is 0 Å². The Morgan fingerprint density at radius 1 is 0.773 bits per heavy atom. The molecule has 22 heavy (non-hydrogen) atoms. The maximum atomic E-state index is 6.01. The Morgan fingerprint density at radius 2 is 1.50 bits per heavy atom. The zero-order chi connectivity index (χ0) is 14.9. The van der Waals surface area contributed by atoms with E-state index in [2.05, 4.69) is 46.4 Å². The molecule has 0 bridgehead atoms. The van der Waals surface area contributed by atoms with Crippen LogP contribution in [-0.4, -0.2) is 9.97 Å². The first-order valence-corrected chi connectivity index (χ1v) is 7.63. The second kappa shape index (κ2) is 5.26. The minimum atomic E-state index is 0.342. The van der Waals surface area contributed by atoms with Crippen molar-refractivity contribution in [3.05, 3.63) is 65.7 Å². The number of hydrogen-bond acceptors (Lipinski definition) is 3. The minimum Gasteiger partial charge on any atom is -0.368 e. The zero-order valence-corrected chi connectivity index (χ0v) is 12.3. The largest absolute Gasteiger partial charge is 0.368 e. The summed E-state index contributed by atoms with van der Waals surface area (Å²) >= 11 is 0. The van der Waals surface area contributed by atoms with E-state index in [9.17, 15) is 0 Å². The number of hydrogen-bond donors (Lipinski definition) is 1. The van der Waals surface area contributed by atoms with Crippen molar-refractivity contribution < 1.29 is 0 Å². The van der Waals surface area contributed by atoms with E-state index in [1.54, 1.807) is 0 Å². The number of benzene rings is 2. The summed E-state index contributed by atoms with van der Waals surface area (Å²) in [7, 11) is 0. The average Bonchev–Trinajstić information content (AvgIpc) is 2.75. The van der Waals surface area contributed by atoms with Crippen LogP contribution < -0.4 is 5.73 Å². The normalized spacial score (nSPS) is 13.1. The van der Waals surface area contributed by atoms with Crippen LogP contribution in [0.3, 0.4) is 0 Å². The second-order valence-corrected chi connectivity index (χ2v) is 5.63. The lowest BCUT2D eigenvalue weighted by Gasteiger charge is -2.13. The lowest BCUT2D eigenvalue weighted by atomic mass is 9.98. The van der Waals surface area contributed by atoms with E-state index in [0.29, 0.717) is 5.95 Å². The van der Waals surface area contributed by atoms with Crippen LogP contribution in [0.25, 0.3) is 22.5 Å². The topological polar surface area (TPSA) is 51.8 Å². The Labute approximate surface area is 129 Å². The lowest BCUT2D eigenvalue weighted by Crippen LogP contribution is -2.04. The maximum absolute atomic E-state index is 6.01. The van der Waals surface area contributed by atoms with Gasteiger partial charge in [0.05, 0.1) is 11.4 Å². The lowest BCUT2D eigenvalue weighted by molar-refractivity contribution is 0.831. The molecule has 0 radical (unpaired) electrons. The molecular formula is C19H17N3. The van der Waals surface area contributed by atoms with Crippen LogP contribution in [0.1, 0.15) is 17.5 Å². The van der Waals surface area contributed by atoms with Gasteiger partial charge in [0.15, 0.2) is 0 Å². The molecule has 0 amide bonds. The van der Waals surface area contributed by atoms with Crippen molar-refractivity contribution in [2.75, 3.05) is 5.73 Å². The monoisotopic (exact) mass is 287 g/mol. The summed E-state index contributed by atoms with van der Waals surface area (Å²) in [5.74, 6) is 0.342. The molecule has 2 N–H and O–H groups in total. The van der Waals surface area contributed by atoms with Crippen LogP contribution in [0.15, 0.2) is 54.6 Å². The van der Waals surface area contributed by atoms with Gasteiger partial charge < -0.3 is 5.73 Å². The van der Waals surface area contributed by atoms with E-state index >= 15 is 0 Å². The molecule has 0 fully saturated rings. The van der Waals surface area contributed by atoms with Crippen molar-refractivity contribution in [3.8, 4) is 22.5 Å². The van der Waals surface area contributed by atoms with Crippen molar-refractivity contribution in [3.63, 3.8) is 0 Å². The molecule has 0 aliphatic heterocycles. The number of anilines is 1. The zero-order valence-electron chi connectivity index (χ0n) is 12.3. The minimum absolute atomic E-state index is 0.342. The van der Waals surface area contributed by atoms with Crippen LogP contribution in [-0.2, 0) is 12.8 Å². The highest BCUT2D eigenvalue weighted by molar-refractivity contribution is 5.77. The molecule has 3 nitrogen and oxygen atoms in total. The first kappa shape index (κ1) is 13.0. The maximum Gasteiger partial charge on any atom is 0.221 e. The molecule has 108 valence electrons. The highest BCUT2D eigenvalue weighted by Gasteiger charge is 2.20. The summed E-state index contributed by atoms with van der Waals surface area (Å²) in [5, 5.41) is 0. The number of rotatable bonds is 1. The van der Waals surface area contributed by atoms with Crippen LogP contribution >= 0.6 is 0 Å². The molecule has 1 aliphatic rings. The fraction of sp³-hybridized carbons (Fsp3) is 0.158. The number of aromatic nitrogens is 2. The van der Waals surface area contributed by atoms with Gasteiger partial charge >= 0.3 is 0 Å². The van der Waals surface area contributed by atoms with E-state index in [4.69, 9.17) is 5.73 Å². The van der Waals surface area contributed by atoms with Crippen molar-refractivity contribution in [2.24, 2.45) is 0 Å². The quantitative estimate of drug-likeness (QED) is 0.739. The smallest absolute Gasteiger partial charge is 0.221 e. The van der Waals surface area contributed by atoms with Gasteiger partial charge in [0.25, 0.3) is 0 Å². The Hall–Kier alpha value is -2.68. The summed E-state index contributed by atoms with van der Waals surface area (Å²) in [6.45, 7) is 0. The summed E-state index contributed by atoms with van der Waals surface area (Å²) < 4.78 is 0. The molecule has 3 heteroatoms. The van der Waals surface area contributed by atoms with Gasteiger partial charge in [-0.3, -0.25) is 0 Å². The highest BCUT2D eigenvalue weighted by Crippen LogP contribution is 2.36. The Bertz CT molecular complexity index is 825. The first-order valence-electron chi connectivity index (χ1n) is 7.63. The molecule has 0 unspecified atom stereocenters. The van der Waals surface area contributed by atoms with E-state index in [-0.39, 0.29) is 0 Å². The predicted octanol–water partition coefficient (Wildman–Crippen LogP) is 3.88. The van der Waals surface area contributed by atoms with Gasteiger partial charge in [-0.25, -0.2) is 9.97 Å². The summed E-state index contributed by atoms with van der Waals surface area (Å²) in [4.78, 5) is 9.11. The highest BCUT2D eigenvalue weighted by atomic mass is 15.0. The van der Waals surface area contributed by atoms with Crippen LogP contribution in [0.2, 0.25) is 0 Å². The predicted molar refractivity (Wildman–Crippen MR) is 89.3 cm³/mol. The van der Waals surface area contributed by atoms with Crippen LogP contribution in [0, 0.1) is 0 Å². The number of nitrogens with zero attached hydrogens (tertiary/aromatic N) is 2. The van der Waals surface area contributed by atoms with Crippen molar-refractivity contribution in [1.82, 2.24) is 9.97 Å². The standard InChI is InChI=1S/C19H17N3/c20-19-21-17(14-8-2-1-3-9-14)16-12-6-10-13-7-4-5-11-15(13)18(16)22-19/h1-5,7-9,11H,6,10,12H2,(H2,20,21,22). The molecule has 3 aromatic rings. The van der Waals surface area contributed by atoms with E-state index in [1.807, 2.05) is 18.2 Å². The number of fused-ring (bicyclic) bond motifs is 3. The van der Waals surface area contributed by atoms with Gasteiger partial charge in [0.2, 0.25) is 5.95 Å². The average molecular weight is 287 g/mol. The summed E-state index contributed by atoms with van der Waals surface area (Å²) in [5.41, 5.74) is 12.8. The summed E-state index contributed by atoms with van der Waals surface area (Å²) in [6.07, 6.45) is 3.16. The third kappa shape index (κ3) is 2.15. The third-order valence-corrected chi connectivity index (χ3v) is 4.22. The van der Waals surface area contributed by atoms with E-state index in [1.165, 1.54) is 16.7 Å². The van der Waals surface area contributed by atoms with Gasteiger partial charge in [0, 0.05) is 16.7 Å². The van der Waals surface area contributed by atoms with Gasteiger partial charge in [-0.05, 0) is 24.8 Å². The first-order chi connectivity index (χ1) is 10.8. The molecule has 0 atom stereocenters. The van der Waals surface area contributed by atoms with Gasteiger partial charge in [-0.15, -0.1) is 0 Å². The molecule has 1 heterocycles. The molecule has 1 aromatic heterocycles. The van der Waals surface area contributed by atoms with Crippen LogP contribution in [0.5, 0.6) is 0 Å². The molecular weight excluding hydrogens is 270 g/mol. The SMILES string of the molecule is Nc1nc(-c2ccccc2)c2c(n1)-c1ccccc1CCC2. The van der Waals surface area contributed by atoms with Gasteiger partial charge in [-0.2, -0.15) is 0 Å². The van der Waals surface area contributed by atoms with Gasteiger partial charge in [0.1, 0.15) is 0 Å². The number of aryl methyl sites for hydroxylation is 1. The fourth-order valence-corrected chi connectivity index (χ4v) is 3.22. The number of nitrogen functional groups attached to an aromatic ring is 1. The molecule has 0 saturated heterocycles. The Morgan fingerprint density at radius 3 is 2.36 bits per heavy atom.